The van der Waals surface area contributed by atoms with Crippen LogP contribution < -0.4 is 10.1 Å². The van der Waals surface area contributed by atoms with Gasteiger partial charge in [-0.2, -0.15) is 0 Å². The molecular weight excluding hydrogens is 354 g/mol. The van der Waals surface area contributed by atoms with Crippen molar-refractivity contribution in [1.82, 2.24) is 0 Å². The lowest BCUT2D eigenvalue weighted by atomic mass is 10.1. The number of carbonyl (C=O) groups excluding carboxylic acids is 2. The standard InChI is InChI=1S/C23H21NO4/c1-16-12-17(2)14-18(13-16)24-22(25)15-27-23(26)20-10-6-7-11-21(20)28-19-8-4-3-5-9-19/h3-14H,15H2,1-2H3,(H,24,25). The van der Waals surface area contributed by atoms with Crippen molar-refractivity contribution in [3.05, 3.63) is 89.5 Å². The molecule has 0 spiro atoms. The van der Waals surface area contributed by atoms with Crippen LogP contribution in [0.15, 0.2) is 72.8 Å². The molecule has 0 heterocycles. The van der Waals surface area contributed by atoms with E-state index in [-0.39, 0.29) is 12.2 Å². The number of rotatable bonds is 6. The third-order valence-electron chi connectivity index (χ3n) is 3.92. The van der Waals surface area contributed by atoms with Crippen LogP contribution in [0.5, 0.6) is 11.5 Å². The normalized spacial score (nSPS) is 10.2. The Kier molecular flexibility index (Phi) is 6.07. The maximum absolute atomic E-state index is 12.4. The fraction of sp³-hybridized carbons (Fsp3) is 0.130. The Morgan fingerprint density at radius 2 is 1.50 bits per heavy atom. The molecule has 0 aliphatic carbocycles. The molecule has 0 radical (unpaired) electrons. The van der Waals surface area contributed by atoms with Crippen molar-refractivity contribution in [2.24, 2.45) is 0 Å². The van der Waals surface area contributed by atoms with Crippen molar-refractivity contribution in [3.63, 3.8) is 0 Å². The van der Waals surface area contributed by atoms with Crippen molar-refractivity contribution in [1.29, 1.82) is 0 Å². The maximum Gasteiger partial charge on any atom is 0.342 e. The second kappa shape index (κ2) is 8.86. The lowest BCUT2D eigenvalue weighted by Crippen LogP contribution is -2.21. The fourth-order valence-corrected chi connectivity index (χ4v) is 2.79. The van der Waals surface area contributed by atoms with Gasteiger partial charge in [-0.1, -0.05) is 36.4 Å². The van der Waals surface area contributed by atoms with Gasteiger partial charge in [0.1, 0.15) is 17.1 Å². The van der Waals surface area contributed by atoms with E-state index >= 15 is 0 Å². The molecule has 0 atom stereocenters. The molecular formula is C23H21NO4. The van der Waals surface area contributed by atoms with Gasteiger partial charge in [0.2, 0.25) is 0 Å². The van der Waals surface area contributed by atoms with Gasteiger partial charge >= 0.3 is 5.97 Å². The van der Waals surface area contributed by atoms with E-state index < -0.39 is 11.9 Å². The van der Waals surface area contributed by atoms with Crippen LogP contribution in [-0.4, -0.2) is 18.5 Å². The van der Waals surface area contributed by atoms with E-state index in [1.54, 1.807) is 36.4 Å². The number of benzene rings is 3. The minimum absolute atomic E-state index is 0.255. The van der Waals surface area contributed by atoms with Gasteiger partial charge in [0, 0.05) is 5.69 Å². The van der Waals surface area contributed by atoms with E-state index in [0.717, 1.165) is 11.1 Å². The van der Waals surface area contributed by atoms with Gasteiger partial charge in [-0.15, -0.1) is 0 Å². The van der Waals surface area contributed by atoms with Crippen molar-refractivity contribution in [2.75, 3.05) is 11.9 Å². The van der Waals surface area contributed by atoms with E-state index in [1.807, 2.05) is 50.2 Å². The number of para-hydroxylation sites is 2. The summed E-state index contributed by atoms with van der Waals surface area (Å²) in [4.78, 5) is 24.6. The summed E-state index contributed by atoms with van der Waals surface area (Å²) >= 11 is 0. The lowest BCUT2D eigenvalue weighted by molar-refractivity contribution is -0.119. The molecule has 1 N–H and O–H groups in total. The highest BCUT2D eigenvalue weighted by atomic mass is 16.5. The van der Waals surface area contributed by atoms with Gasteiger partial charge in [-0.25, -0.2) is 4.79 Å². The predicted molar refractivity (Wildman–Crippen MR) is 108 cm³/mol. The molecule has 5 nitrogen and oxygen atoms in total. The molecule has 3 rings (SSSR count). The van der Waals surface area contributed by atoms with Crippen molar-refractivity contribution in [2.45, 2.75) is 13.8 Å². The summed E-state index contributed by atoms with van der Waals surface area (Å²) in [6.07, 6.45) is 0. The second-order valence-electron chi connectivity index (χ2n) is 6.41. The minimum atomic E-state index is -0.623. The first-order valence-corrected chi connectivity index (χ1v) is 8.88. The summed E-state index contributed by atoms with van der Waals surface area (Å²) in [5.41, 5.74) is 3.01. The number of carbonyl (C=O) groups is 2. The summed E-state index contributed by atoms with van der Waals surface area (Å²) in [5, 5.41) is 2.74. The Hall–Kier alpha value is -3.60. The first-order chi connectivity index (χ1) is 13.5. The highest BCUT2D eigenvalue weighted by Gasteiger charge is 2.16. The van der Waals surface area contributed by atoms with E-state index in [4.69, 9.17) is 9.47 Å². The molecule has 0 unspecified atom stereocenters. The zero-order valence-corrected chi connectivity index (χ0v) is 15.8. The molecule has 1 amide bonds. The van der Waals surface area contributed by atoms with E-state index in [9.17, 15) is 9.59 Å². The summed E-state index contributed by atoms with van der Waals surface area (Å²) < 4.78 is 10.9. The number of esters is 1. The monoisotopic (exact) mass is 375 g/mol. The molecule has 3 aromatic carbocycles. The molecule has 0 saturated heterocycles. The number of amides is 1. The van der Waals surface area contributed by atoms with Gasteiger partial charge < -0.3 is 14.8 Å². The van der Waals surface area contributed by atoms with E-state index in [0.29, 0.717) is 17.2 Å². The second-order valence-corrected chi connectivity index (χ2v) is 6.41. The zero-order valence-electron chi connectivity index (χ0n) is 15.8. The Bertz CT molecular complexity index is 963. The van der Waals surface area contributed by atoms with Crippen LogP contribution in [0.2, 0.25) is 0 Å². The van der Waals surface area contributed by atoms with Crippen LogP contribution in [0, 0.1) is 13.8 Å². The SMILES string of the molecule is Cc1cc(C)cc(NC(=O)COC(=O)c2ccccc2Oc2ccccc2)c1. The largest absolute Gasteiger partial charge is 0.456 e. The van der Waals surface area contributed by atoms with E-state index in [1.165, 1.54) is 0 Å². The van der Waals surface area contributed by atoms with Crippen molar-refractivity contribution < 1.29 is 19.1 Å². The van der Waals surface area contributed by atoms with Crippen LogP contribution in [0.3, 0.4) is 0 Å². The Morgan fingerprint density at radius 3 is 2.21 bits per heavy atom. The molecule has 28 heavy (non-hydrogen) atoms. The third-order valence-corrected chi connectivity index (χ3v) is 3.92. The summed E-state index contributed by atoms with van der Waals surface area (Å²) in [6.45, 7) is 3.52. The molecule has 0 aliphatic rings. The van der Waals surface area contributed by atoms with Crippen molar-refractivity contribution >= 4 is 17.6 Å². The van der Waals surface area contributed by atoms with Crippen molar-refractivity contribution in [3.8, 4) is 11.5 Å². The van der Waals surface area contributed by atoms with Gasteiger partial charge in [0.15, 0.2) is 6.61 Å². The summed E-state index contributed by atoms with van der Waals surface area (Å²) in [5.74, 6) is -0.0503. The quantitative estimate of drug-likeness (QED) is 0.623. The number of aryl methyl sites for hydroxylation is 2. The molecule has 0 bridgehead atoms. The first kappa shape index (κ1) is 19.2. The van der Waals surface area contributed by atoms with Crippen LogP contribution in [0.1, 0.15) is 21.5 Å². The average Bonchev–Trinajstić information content (AvgIpc) is 2.66. The number of anilines is 1. The molecule has 5 heteroatoms. The molecule has 0 saturated carbocycles. The van der Waals surface area contributed by atoms with Crippen LogP contribution >= 0.6 is 0 Å². The molecule has 0 aromatic heterocycles. The smallest absolute Gasteiger partial charge is 0.342 e. The number of hydrogen-bond acceptors (Lipinski definition) is 4. The Morgan fingerprint density at radius 1 is 0.857 bits per heavy atom. The number of hydrogen-bond donors (Lipinski definition) is 1. The summed E-state index contributed by atoms with van der Waals surface area (Å²) in [6, 6.07) is 21.6. The Balaban J connectivity index is 1.62. The topological polar surface area (TPSA) is 64.6 Å². The minimum Gasteiger partial charge on any atom is -0.456 e. The fourth-order valence-electron chi connectivity index (χ4n) is 2.79. The van der Waals surface area contributed by atoms with E-state index in [2.05, 4.69) is 5.32 Å². The van der Waals surface area contributed by atoms with Crippen LogP contribution in [0.25, 0.3) is 0 Å². The number of nitrogens with one attached hydrogen (secondary N) is 1. The molecule has 3 aromatic rings. The summed E-state index contributed by atoms with van der Waals surface area (Å²) in [7, 11) is 0. The van der Waals surface area contributed by atoms with Gasteiger partial charge in [0.25, 0.3) is 5.91 Å². The first-order valence-electron chi connectivity index (χ1n) is 8.88. The number of ether oxygens (including phenoxy) is 2. The predicted octanol–water partition coefficient (Wildman–Crippen LogP) is 4.89. The molecule has 0 aliphatic heterocycles. The third kappa shape index (κ3) is 5.20. The van der Waals surface area contributed by atoms with Gasteiger partial charge in [0.05, 0.1) is 0 Å². The Labute approximate surface area is 163 Å². The van der Waals surface area contributed by atoms with Gasteiger partial charge in [-0.3, -0.25) is 4.79 Å². The highest BCUT2D eigenvalue weighted by molar-refractivity contribution is 5.96. The van der Waals surface area contributed by atoms with Gasteiger partial charge in [-0.05, 0) is 61.4 Å². The highest BCUT2D eigenvalue weighted by Crippen LogP contribution is 2.25. The zero-order chi connectivity index (χ0) is 19.9. The van der Waals surface area contributed by atoms with Crippen LogP contribution in [0.4, 0.5) is 5.69 Å². The lowest BCUT2D eigenvalue weighted by Gasteiger charge is -2.11. The molecule has 142 valence electrons. The maximum atomic E-state index is 12.4. The average molecular weight is 375 g/mol. The molecule has 0 fully saturated rings. The van der Waals surface area contributed by atoms with Crippen LogP contribution in [-0.2, 0) is 9.53 Å².